The van der Waals surface area contributed by atoms with Gasteiger partial charge in [-0.25, -0.2) is 6.57 Å². The Balaban J connectivity index is 4.08. The highest BCUT2D eigenvalue weighted by atomic mass is 16.5. The third kappa shape index (κ3) is 3.84. The number of ketones is 2. The van der Waals surface area contributed by atoms with Gasteiger partial charge in [0.15, 0.2) is 0 Å². The van der Waals surface area contributed by atoms with Crippen molar-refractivity contribution >= 4 is 11.6 Å². The van der Waals surface area contributed by atoms with Crippen LogP contribution in [0.4, 0.5) is 0 Å². The largest absolute Gasteiger partial charge is 0.377 e. The first-order chi connectivity index (χ1) is 5.61. The Labute approximate surface area is 71.3 Å². The van der Waals surface area contributed by atoms with Gasteiger partial charge in [0.25, 0.3) is 6.04 Å². The average molecular weight is 169 g/mol. The lowest BCUT2D eigenvalue weighted by Crippen LogP contribution is -2.23. The fourth-order valence-electron chi connectivity index (χ4n) is 0.742. The molecule has 0 radical (unpaired) electrons. The van der Waals surface area contributed by atoms with E-state index in [0.29, 0.717) is 0 Å². The molecule has 0 saturated heterocycles. The van der Waals surface area contributed by atoms with Crippen LogP contribution in [0.1, 0.15) is 13.3 Å². The van der Waals surface area contributed by atoms with Crippen molar-refractivity contribution in [3.63, 3.8) is 0 Å². The van der Waals surface area contributed by atoms with E-state index in [1.807, 2.05) is 0 Å². The zero-order chi connectivity index (χ0) is 9.56. The van der Waals surface area contributed by atoms with Gasteiger partial charge in [0, 0.05) is 7.11 Å². The van der Waals surface area contributed by atoms with Crippen LogP contribution in [-0.4, -0.2) is 31.3 Å². The third-order valence-corrected chi connectivity index (χ3v) is 1.29. The highest BCUT2D eigenvalue weighted by Gasteiger charge is 2.24. The van der Waals surface area contributed by atoms with E-state index in [0.717, 1.165) is 0 Å². The molecule has 4 nitrogen and oxygen atoms in total. The van der Waals surface area contributed by atoms with Crippen molar-refractivity contribution in [1.82, 2.24) is 0 Å². The van der Waals surface area contributed by atoms with Crippen molar-refractivity contribution < 1.29 is 14.3 Å². The van der Waals surface area contributed by atoms with Gasteiger partial charge in [-0.3, -0.25) is 9.59 Å². The summed E-state index contributed by atoms with van der Waals surface area (Å²) in [6.45, 7) is 7.92. The van der Waals surface area contributed by atoms with Gasteiger partial charge in [0.05, 0.1) is 6.42 Å². The highest BCUT2D eigenvalue weighted by Crippen LogP contribution is 2.00. The van der Waals surface area contributed by atoms with Crippen LogP contribution in [0.2, 0.25) is 0 Å². The van der Waals surface area contributed by atoms with E-state index in [-0.39, 0.29) is 24.6 Å². The summed E-state index contributed by atoms with van der Waals surface area (Å²) in [5.41, 5.74) is 0. The number of hydrogen-bond donors (Lipinski definition) is 0. The average Bonchev–Trinajstić information content (AvgIpc) is 2.00. The molecule has 0 saturated carbocycles. The molecule has 0 aliphatic heterocycles. The van der Waals surface area contributed by atoms with Crippen molar-refractivity contribution in [3.8, 4) is 0 Å². The number of rotatable bonds is 5. The molecule has 0 fully saturated rings. The summed E-state index contributed by atoms with van der Waals surface area (Å²) in [4.78, 5) is 24.7. The monoisotopic (exact) mass is 169 g/mol. The molecule has 4 heteroatoms. The molecule has 0 aromatic carbocycles. The second-order valence-corrected chi connectivity index (χ2v) is 2.45. The number of carbonyl (C=O) groups excluding carboxylic acids is 2. The van der Waals surface area contributed by atoms with Crippen molar-refractivity contribution in [1.29, 1.82) is 0 Å². The number of hydrogen-bond acceptors (Lipinski definition) is 3. The molecule has 0 aromatic heterocycles. The fraction of sp³-hybridized carbons (Fsp3) is 0.625. The van der Waals surface area contributed by atoms with Crippen LogP contribution in [0.15, 0.2) is 0 Å². The summed E-state index contributed by atoms with van der Waals surface area (Å²) in [5.74, 6) is -0.483. The minimum absolute atomic E-state index is 0.00824. The topological polar surface area (TPSA) is 47.7 Å². The normalized spacial score (nSPS) is 11.8. The van der Waals surface area contributed by atoms with Crippen LogP contribution in [-0.2, 0) is 14.3 Å². The molecule has 66 valence electrons. The molecular weight excluding hydrogens is 158 g/mol. The third-order valence-electron chi connectivity index (χ3n) is 1.29. The van der Waals surface area contributed by atoms with Gasteiger partial charge in [0.1, 0.15) is 12.4 Å². The first-order valence-corrected chi connectivity index (χ1v) is 3.49. The molecule has 0 N–H and O–H groups in total. The molecule has 0 bridgehead atoms. The van der Waals surface area contributed by atoms with E-state index in [4.69, 9.17) is 6.57 Å². The summed E-state index contributed by atoms with van der Waals surface area (Å²) in [5, 5.41) is 0. The maximum atomic E-state index is 11.0. The first-order valence-electron chi connectivity index (χ1n) is 3.49. The quantitative estimate of drug-likeness (QED) is 0.562. The van der Waals surface area contributed by atoms with Crippen LogP contribution in [0.25, 0.3) is 4.85 Å². The van der Waals surface area contributed by atoms with Crippen LogP contribution < -0.4 is 0 Å². The van der Waals surface area contributed by atoms with Gasteiger partial charge in [0.2, 0.25) is 5.78 Å². The summed E-state index contributed by atoms with van der Waals surface area (Å²) in [6.07, 6.45) is -0.00824. The number of nitrogens with zero attached hydrogens (tertiary/aromatic N) is 1. The summed E-state index contributed by atoms with van der Waals surface area (Å²) >= 11 is 0. The Bertz CT molecular complexity index is 217. The molecule has 0 spiro atoms. The molecule has 1 atom stereocenters. The Hall–Kier alpha value is -1.21. The standard InChI is InChI=1S/C8H11NO3/c1-6(10)4-7(9-2)8(11)5-12-3/h7H,4-5H2,1,3H3. The zero-order valence-electron chi connectivity index (χ0n) is 7.16. The van der Waals surface area contributed by atoms with Crippen molar-refractivity contribution in [3.05, 3.63) is 11.4 Å². The fourth-order valence-corrected chi connectivity index (χ4v) is 0.742. The Morgan fingerprint density at radius 2 is 2.17 bits per heavy atom. The van der Waals surface area contributed by atoms with Crippen LogP contribution in [0, 0.1) is 6.57 Å². The number of Topliss-reactive ketones (excluding diaryl/α,β-unsaturated/α-hetero) is 2. The molecule has 1 unspecified atom stereocenters. The van der Waals surface area contributed by atoms with Crippen LogP contribution in [0.3, 0.4) is 0 Å². The van der Waals surface area contributed by atoms with E-state index in [1.165, 1.54) is 14.0 Å². The summed E-state index contributed by atoms with van der Waals surface area (Å²) in [6, 6.07) is -0.859. The Morgan fingerprint density at radius 3 is 2.50 bits per heavy atom. The van der Waals surface area contributed by atoms with Crippen molar-refractivity contribution in [2.75, 3.05) is 13.7 Å². The van der Waals surface area contributed by atoms with Gasteiger partial charge in [-0.2, -0.15) is 0 Å². The summed E-state index contributed by atoms with van der Waals surface area (Å²) in [7, 11) is 1.38. The predicted octanol–water partition coefficient (Wildman–Crippen LogP) is 0.469. The molecule has 0 amide bonds. The molecule has 0 aromatic rings. The van der Waals surface area contributed by atoms with Crippen molar-refractivity contribution in [2.24, 2.45) is 0 Å². The molecular formula is C8H11NO3. The van der Waals surface area contributed by atoms with E-state index in [2.05, 4.69) is 9.58 Å². The van der Waals surface area contributed by atoms with Gasteiger partial charge >= 0.3 is 0 Å². The van der Waals surface area contributed by atoms with Gasteiger partial charge < -0.3 is 9.58 Å². The zero-order valence-corrected chi connectivity index (χ0v) is 7.16. The predicted molar refractivity (Wildman–Crippen MR) is 42.6 cm³/mol. The minimum Gasteiger partial charge on any atom is -0.377 e. The molecule has 0 rings (SSSR count). The second-order valence-electron chi connectivity index (χ2n) is 2.45. The summed E-state index contributed by atoms with van der Waals surface area (Å²) < 4.78 is 4.56. The lowest BCUT2D eigenvalue weighted by Gasteiger charge is -2.00. The van der Waals surface area contributed by atoms with E-state index >= 15 is 0 Å². The molecule has 0 heterocycles. The Morgan fingerprint density at radius 1 is 1.58 bits per heavy atom. The van der Waals surface area contributed by atoms with Gasteiger partial charge in [-0.05, 0) is 6.92 Å². The molecule has 0 aliphatic carbocycles. The van der Waals surface area contributed by atoms with E-state index in [1.54, 1.807) is 0 Å². The van der Waals surface area contributed by atoms with Gasteiger partial charge in [-0.15, -0.1) is 0 Å². The van der Waals surface area contributed by atoms with Gasteiger partial charge in [-0.1, -0.05) is 0 Å². The number of carbonyl (C=O) groups is 2. The SMILES string of the molecule is [C-]#[N+]C(CC(C)=O)C(=O)COC. The van der Waals surface area contributed by atoms with E-state index < -0.39 is 6.04 Å². The molecule has 12 heavy (non-hydrogen) atoms. The van der Waals surface area contributed by atoms with E-state index in [9.17, 15) is 9.59 Å². The van der Waals surface area contributed by atoms with Crippen molar-refractivity contribution in [2.45, 2.75) is 19.4 Å². The van der Waals surface area contributed by atoms with Crippen LogP contribution in [0.5, 0.6) is 0 Å². The second kappa shape index (κ2) is 5.44. The smallest absolute Gasteiger partial charge is 0.290 e. The first kappa shape index (κ1) is 10.8. The Kier molecular flexibility index (Phi) is 4.89. The lowest BCUT2D eigenvalue weighted by atomic mass is 10.1. The highest BCUT2D eigenvalue weighted by molar-refractivity contribution is 5.91. The van der Waals surface area contributed by atoms with Crippen LogP contribution >= 0.6 is 0 Å². The molecule has 0 aliphatic rings. The maximum absolute atomic E-state index is 11.0. The number of ether oxygens (including phenoxy) is 1. The lowest BCUT2D eigenvalue weighted by molar-refractivity contribution is -0.126. The minimum atomic E-state index is -0.859. The number of methoxy groups -OCH3 is 1. The maximum Gasteiger partial charge on any atom is 0.290 e.